The molecule has 2 amide bonds. The Morgan fingerprint density at radius 2 is 1.68 bits per heavy atom. The van der Waals surface area contributed by atoms with Gasteiger partial charge in [0.1, 0.15) is 6.04 Å². The van der Waals surface area contributed by atoms with E-state index in [0.29, 0.717) is 43.1 Å². The number of carbonyl (C=O) groups excluding carboxylic acids is 2. The van der Waals surface area contributed by atoms with Crippen molar-refractivity contribution in [2.24, 2.45) is 0 Å². The van der Waals surface area contributed by atoms with E-state index in [1.165, 1.54) is 0 Å². The van der Waals surface area contributed by atoms with E-state index in [2.05, 4.69) is 10.6 Å². The SMILES string of the molecule is O=C(NCc1ccccc1)c1ccc(CN(C2CCCCNC2=O)S(=O)(=O)c2ccc(F)c(F)c2)cc1. The van der Waals surface area contributed by atoms with Crippen molar-refractivity contribution in [1.82, 2.24) is 14.9 Å². The number of hydrogen-bond acceptors (Lipinski definition) is 4. The second kappa shape index (κ2) is 11.6. The lowest BCUT2D eigenvalue weighted by molar-refractivity contribution is -0.124. The van der Waals surface area contributed by atoms with Gasteiger partial charge in [0.25, 0.3) is 5.91 Å². The molecule has 2 N–H and O–H groups in total. The monoisotopic (exact) mass is 527 g/mol. The van der Waals surface area contributed by atoms with Gasteiger partial charge in [-0.3, -0.25) is 9.59 Å². The van der Waals surface area contributed by atoms with Gasteiger partial charge in [-0.2, -0.15) is 4.31 Å². The second-order valence-corrected chi connectivity index (χ2v) is 10.7. The van der Waals surface area contributed by atoms with E-state index in [-0.39, 0.29) is 18.9 Å². The van der Waals surface area contributed by atoms with Crippen LogP contribution in [0.3, 0.4) is 0 Å². The fourth-order valence-electron chi connectivity index (χ4n) is 4.16. The predicted octanol–water partition coefficient (Wildman–Crippen LogP) is 3.75. The van der Waals surface area contributed by atoms with Crippen LogP contribution >= 0.6 is 0 Å². The highest BCUT2D eigenvalue weighted by atomic mass is 32.2. The Balaban J connectivity index is 1.57. The van der Waals surface area contributed by atoms with E-state index < -0.39 is 38.5 Å². The van der Waals surface area contributed by atoms with Crippen molar-refractivity contribution in [1.29, 1.82) is 0 Å². The first-order chi connectivity index (χ1) is 17.8. The first-order valence-corrected chi connectivity index (χ1v) is 13.4. The number of hydrogen-bond donors (Lipinski definition) is 2. The quantitative estimate of drug-likeness (QED) is 0.467. The molecule has 1 heterocycles. The molecular weight excluding hydrogens is 500 g/mol. The summed E-state index contributed by atoms with van der Waals surface area (Å²) in [7, 11) is -4.37. The van der Waals surface area contributed by atoms with E-state index in [4.69, 9.17) is 0 Å². The first kappa shape index (κ1) is 26.4. The molecule has 1 aliphatic rings. The molecule has 3 aromatic carbocycles. The van der Waals surface area contributed by atoms with E-state index in [1.54, 1.807) is 24.3 Å². The van der Waals surface area contributed by atoms with Gasteiger partial charge in [-0.1, -0.05) is 42.5 Å². The third-order valence-electron chi connectivity index (χ3n) is 6.20. The van der Waals surface area contributed by atoms with Crippen LogP contribution < -0.4 is 10.6 Å². The van der Waals surface area contributed by atoms with Crippen molar-refractivity contribution < 1.29 is 26.8 Å². The van der Waals surface area contributed by atoms with Crippen LogP contribution in [-0.4, -0.2) is 37.1 Å². The Kier molecular flexibility index (Phi) is 8.30. The maximum absolute atomic E-state index is 13.9. The van der Waals surface area contributed by atoms with Gasteiger partial charge < -0.3 is 10.6 Å². The molecule has 3 aromatic rings. The number of halogens is 2. The Hall–Kier alpha value is -3.63. The van der Waals surface area contributed by atoms with Gasteiger partial charge in [-0.05, 0) is 60.7 Å². The number of rotatable bonds is 8. The standard InChI is InChI=1S/C27H27F2N3O4S/c28-23-14-13-22(16-24(23)29)37(35,36)32(25-8-4-5-15-30-27(25)34)18-20-9-11-21(12-10-20)26(33)31-17-19-6-2-1-3-7-19/h1-3,6-7,9-14,16,25H,4-5,8,15,17-18H2,(H,30,34)(H,31,33). The molecule has 1 saturated heterocycles. The molecule has 0 bridgehead atoms. The number of benzene rings is 3. The maximum Gasteiger partial charge on any atom is 0.251 e. The van der Waals surface area contributed by atoms with Crippen molar-refractivity contribution >= 4 is 21.8 Å². The normalized spacial score (nSPS) is 16.2. The Morgan fingerprint density at radius 3 is 2.38 bits per heavy atom. The fourth-order valence-corrected chi connectivity index (χ4v) is 5.77. The Labute approximate surface area is 214 Å². The highest BCUT2D eigenvalue weighted by Crippen LogP contribution is 2.26. The van der Waals surface area contributed by atoms with Crippen LogP contribution in [0.5, 0.6) is 0 Å². The summed E-state index contributed by atoms with van der Waals surface area (Å²) < 4.78 is 55.5. The minimum absolute atomic E-state index is 0.189. The summed E-state index contributed by atoms with van der Waals surface area (Å²) in [5.41, 5.74) is 1.87. The van der Waals surface area contributed by atoms with Crippen LogP contribution in [0.25, 0.3) is 0 Å². The molecule has 1 fully saturated rings. The van der Waals surface area contributed by atoms with Crippen LogP contribution in [0.4, 0.5) is 8.78 Å². The molecule has 0 saturated carbocycles. The molecule has 10 heteroatoms. The summed E-state index contributed by atoms with van der Waals surface area (Å²) in [5.74, 6) is -3.19. The number of amides is 2. The number of sulfonamides is 1. The molecule has 0 spiro atoms. The lowest BCUT2D eigenvalue weighted by Crippen LogP contribution is -2.48. The molecule has 0 aliphatic carbocycles. The number of nitrogens with one attached hydrogen (secondary N) is 2. The molecule has 1 aliphatic heterocycles. The molecule has 0 radical (unpaired) electrons. The Bertz CT molecular complexity index is 1370. The highest BCUT2D eigenvalue weighted by Gasteiger charge is 2.37. The van der Waals surface area contributed by atoms with Gasteiger partial charge in [-0.25, -0.2) is 17.2 Å². The van der Waals surface area contributed by atoms with Gasteiger partial charge in [0.2, 0.25) is 15.9 Å². The lowest BCUT2D eigenvalue weighted by Gasteiger charge is -2.29. The summed E-state index contributed by atoms with van der Waals surface area (Å²) in [6, 6.07) is 17.1. The predicted molar refractivity (Wildman–Crippen MR) is 134 cm³/mol. The summed E-state index contributed by atoms with van der Waals surface area (Å²) >= 11 is 0. The zero-order valence-electron chi connectivity index (χ0n) is 20.0. The molecule has 0 aromatic heterocycles. The molecule has 4 rings (SSSR count). The van der Waals surface area contributed by atoms with Crippen molar-refractivity contribution in [3.05, 3.63) is 101 Å². The lowest BCUT2D eigenvalue weighted by atomic mass is 10.1. The third kappa shape index (κ3) is 6.39. The number of carbonyl (C=O) groups is 2. The molecule has 37 heavy (non-hydrogen) atoms. The van der Waals surface area contributed by atoms with Crippen molar-refractivity contribution in [2.45, 2.75) is 43.3 Å². The van der Waals surface area contributed by atoms with Crippen LogP contribution in [0.1, 0.15) is 40.7 Å². The molecule has 7 nitrogen and oxygen atoms in total. The largest absolute Gasteiger partial charge is 0.355 e. The van der Waals surface area contributed by atoms with Gasteiger partial charge in [0, 0.05) is 25.2 Å². The van der Waals surface area contributed by atoms with Crippen molar-refractivity contribution in [3.8, 4) is 0 Å². The van der Waals surface area contributed by atoms with Crippen LogP contribution in [0, 0.1) is 11.6 Å². The van der Waals surface area contributed by atoms with Crippen LogP contribution in [0.2, 0.25) is 0 Å². The van der Waals surface area contributed by atoms with E-state index in [1.807, 2.05) is 30.3 Å². The smallest absolute Gasteiger partial charge is 0.251 e. The molecular formula is C27H27F2N3O4S. The van der Waals surface area contributed by atoms with Gasteiger partial charge >= 0.3 is 0 Å². The molecule has 1 atom stereocenters. The maximum atomic E-state index is 13.9. The van der Waals surface area contributed by atoms with Gasteiger partial charge in [0.05, 0.1) is 4.90 Å². The first-order valence-electron chi connectivity index (χ1n) is 11.9. The number of nitrogens with zero attached hydrogens (tertiary/aromatic N) is 1. The van der Waals surface area contributed by atoms with Gasteiger partial charge in [-0.15, -0.1) is 0 Å². The summed E-state index contributed by atoms with van der Waals surface area (Å²) in [6.45, 7) is 0.602. The van der Waals surface area contributed by atoms with E-state index in [9.17, 15) is 26.8 Å². The van der Waals surface area contributed by atoms with Crippen molar-refractivity contribution in [3.63, 3.8) is 0 Å². The summed E-state index contributed by atoms with van der Waals surface area (Å²) in [6.07, 6.45) is 1.61. The molecule has 194 valence electrons. The van der Waals surface area contributed by atoms with Crippen molar-refractivity contribution in [2.75, 3.05) is 6.54 Å². The van der Waals surface area contributed by atoms with Crippen LogP contribution in [-0.2, 0) is 27.9 Å². The average molecular weight is 528 g/mol. The minimum Gasteiger partial charge on any atom is -0.355 e. The fraction of sp³-hybridized carbons (Fsp3) is 0.259. The third-order valence-corrected chi connectivity index (χ3v) is 8.05. The highest BCUT2D eigenvalue weighted by molar-refractivity contribution is 7.89. The summed E-state index contributed by atoms with van der Waals surface area (Å²) in [5, 5.41) is 5.56. The average Bonchev–Trinajstić information content (AvgIpc) is 3.12. The molecule has 1 unspecified atom stereocenters. The topological polar surface area (TPSA) is 95.6 Å². The summed E-state index contributed by atoms with van der Waals surface area (Å²) in [4.78, 5) is 24.9. The minimum atomic E-state index is -4.37. The van der Waals surface area contributed by atoms with E-state index >= 15 is 0 Å². The van der Waals surface area contributed by atoms with E-state index in [0.717, 1.165) is 22.0 Å². The Morgan fingerprint density at radius 1 is 0.946 bits per heavy atom. The second-order valence-electron chi connectivity index (χ2n) is 8.79. The van der Waals surface area contributed by atoms with Crippen LogP contribution in [0.15, 0.2) is 77.7 Å². The zero-order chi connectivity index (χ0) is 26.4. The van der Waals surface area contributed by atoms with Gasteiger partial charge in [0.15, 0.2) is 11.6 Å². The zero-order valence-corrected chi connectivity index (χ0v) is 20.8.